The van der Waals surface area contributed by atoms with Crippen LogP contribution in [0.5, 0.6) is 5.75 Å². The second kappa shape index (κ2) is 9.50. The molecule has 7 heteroatoms. The first-order valence-corrected chi connectivity index (χ1v) is 9.90. The Kier molecular flexibility index (Phi) is 7.36. The molecule has 1 heterocycles. The third kappa shape index (κ3) is 6.67. The number of hydrogen-bond acceptors (Lipinski definition) is 5. The maximum Gasteiger partial charge on any atom is 0.258 e. The molecule has 2 rings (SSSR count). The van der Waals surface area contributed by atoms with Crippen LogP contribution in [0.3, 0.4) is 0 Å². The largest absolute Gasteiger partial charge is 0.484 e. The number of rotatable bonds is 8. The first-order chi connectivity index (χ1) is 12.8. The van der Waals surface area contributed by atoms with Gasteiger partial charge in [0.2, 0.25) is 5.91 Å². The number of nitrogens with zero attached hydrogens (tertiary/aromatic N) is 1. The van der Waals surface area contributed by atoms with Crippen molar-refractivity contribution in [3.8, 4) is 16.3 Å². The molecule has 0 fully saturated rings. The highest BCUT2D eigenvalue weighted by Crippen LogP contribution is 2.30. The second-order valence-corrected chi connectivity index (χ2v) is 8.09. The molecule has 27 heavy (non-hydrogen) atoms. The molecule has 2 aromatic rings. The maximum atomic E-state index is 11.8. The number of benzene rings is 1. The number of carbonyl (C=O) groups is 2. The van der Waals surface area contributed by atoms with Crippen LogP contribution in [0.15, 0.2) is 29.6 Å². The first kappa shape index (κ1) is 20.9. The predicted molar refractivity (Wildman–Crippen MR) is 108 cm³/mol. The van der Waals surface area contributed by atoms with Crippen LogP contribution in [0.1, 0.15) is 39.8 Å². The Bertz CT molecular complexity index is 764. The number of aromatic nitrogens is 1. The molecule has 146 valence electrons. The van der Waals surface area contributed by atoms with E-state index in [1.165, 1.54) is 0 Å². The van der Waals surface area contributed by atoms with Gasteiger partial charge < -0.3 is 15.4 Å². The molecular weight excluding hydrogens is 362 g/mol. The van der Waals surface area contributed by atoms with E-state index in [0.717, 1.165) is 22.7 Å². The molecule has 0 saturated carbocycles. The molecule has 1 aromatic heterocycles. The average Bonchev–Trinajstić information content (AvgIpc) is 3.14. The van der Waals surface area contributed by atoms with Crippen molar-refractivity contribution in [3.63, 3.8) is 0 Å². The van der Waals surface area contributed by atoms with Crippen molar-refractivity contribution >= 4 is 23.2 Å². The van der Waals surface area contributed by atoms with Crippen LogP contribution in [0.4, 0.5) is 0 Å². The van der Waals surface area contributed by atoms with Crippen LogP contribution >= 0.6 is 11.3 Å². The van der Waals surface area contributed by atoms with Crippen molar-refractivity contribution in [2.45, 2.75) is 39.5 Å². The Balaban J connectivity index is 1.83. The van der Waals surface area contributed by atoms with Crippen molar-refractivity contribution in [1.82, 2.24) is 15.6 Å². The van der Waals surface area contributed by atoms with Gasteiger partial charge in [0, 0.05) is 22.9 Å². The summed E-state index contributed by atoms with van der Waals surface area (Å²) in [5, 5.41) is 8.27. The molecule has 2 amide bonds. The molecule has 0 saturated heterocycles. The quantitative estimate of drug-likeness (QED) is 0.727. The summed E-state index contributed by atoms with van der Waals surface area (Å²) in [6.45, 7) is 8.82. The predicted octanol–water partition coefficient (Wildman–Crippen LogP) is 3.13. The van der Waals surface area contributed by atoms with Gasteiger partial charge in [-0.05, 0) is 30.7 Å². The summed E-state index contributed by atoms with van der Waals surface area (Å²) in [5.41, 5.74) is 2.11. The molecule has 0 spiro atoms. The number of amides is 2. The summed E-state index contributed by atoms with van der Waals surface area (Å²) >= 11 is 1.61. The Morgan fingerprint density at radius 3 is 2.41 bits per heavy atom. The van der Waals surface area contributed by atoms with Gasteiger partial charge in [-0.1, -0.05) is 27.7 Å². The lowest BCUT2D eigenvalue weighted by Crippen LogP contribution is -2.39. The Hall–Kier alpha value is -2.41. The van der Waals surface area contributed by atoms with Gasteiger partial charge in [0.05, 0.1) is 12.2 Å². The first-order valence-electron chi connectivity index (χ1n) is 9.02. The second-order valence-electron chi connectivity index (χ2n) is 7.23. The fraction of sp³-hybridized carbons (Fsp3) is 0.450. The molecule has 0 aliphatic carbocycles. The third-order valence-electron chi connectivity index (χ3n) is 3.76. The minimum Gasteiger partial charge on any atom is -0.484 e. The lowest BCUT2D eigenvalue weighted by molar-refractivity contribution is -0.127. The van der Waals surface area contributed by atoms with Crippen molar-refractivity contribution in [3.05, 3.63) is 35.3 Å². The molecule has 0 atom stereocenters. The van der Waals surface area contributed by atoms with Crippen molar-refractivity contribution < 1.29 is 14.3 Å². The zero-order chi connectivity index (χ0) is 19.9. The topological polar surface area (TPSA) is 80.3 Å². The lowest BCUT2D eigenvalue weighted by Gasteiger charge is -2.14. The van der Waals surface area contributed by atoms with Gasteiger partial charge >= 0.3 is 0 Å². The molecule has 1 aromatic carbocycles. The zero-order valence-electron chi connectivity index (χ0n) is 16.3. The summed E-state index contributed by atoms with van der Waals surface area (Å²) in [5.74, 6) is 0.0602. The summed E-state index contributed by atoms with van der Waals surface area (Å²) in [6.07, 6.45) is 0.858. The monoisotopic (exact) mass is 389 g/mol. The van der Waals surface area contributed by atoms with E-state index in [-0.39, 0.29) is 30.4 Å². The molecule has 0 aliphatic heterocycles. The lowest BCUT2D eigenvalue weighted by atomic mass is 9.93. The van der Waals surface area contributed by atoms with E-state index in [1.807, 2.05) is 31.2 Å². The van der Waals surface area contributed by atoms with Crippen molar-refractivity contribution in [1.29, 1.82) is 0 Å². The van der Waals surface area contributed by atoms with Gasteiger partial charge in [-0.25, -0.2) is 4.98 Å². The van der Waals surface area contributed by atoms with Crippen LogP contribution in [0.25, 0.3) is 10.6 Å². The van der Waals surface area contributed by atoms with Crippen molar-refractivity contribution in [2.24, 2.45) is 0 Å². The smallest absolute Gasteiger partial charge is 0.258 e. The van der Waals surface area contributed by atoms with E-state index in [0.29, 0.717) is 12.3 Å². The van der Waals surface area contributed by atoms with Gasteiger partial charge in [0.25, 0.3) is 5.91 Å². The highest BCUT2D eigenvalue weighted by atomic mass is 32.1. The van der Waals surface area contributed by atoms with Gasteiger partial charge in [-0.3, -0.25) is 9.59 Å². The van der Waals surface area contributed by atoms with Gasteiger partial charge in [-0.2, -0.15) is 0 Å². The van der Waals surface area contributed by atoms with Crippen LogP contribution in [-0.2, 0) is 15.0 Å². The van der Waals surface area contributed by atoms with E-state index in [4.69, 9.17) is 9.72 Å². The van der Waals surface area contributed by atoms with Gasteiger partial charge in [-0.15, -0.1) is 11.3 Å². The minimum absolute atomic E-state index is 0.0264. The van der Waals surface area contributed by atoms with E-state index < -0.39 is 0 Å². The van der Waals surface area contributed by atoms with E-state index in [9.17, 15) is 9.59 Å². The highest BCUT2D eigenvalue weighted by Gasteiger charge is 2.17. The van der Waals surface area contributed by atoms with Crippen LogP contribution < -0.4 is 15.4 Å². The fourth-order valence-corrected chi connectivity index (χ4v) is 3.20. The number of ether oxygens (including phenoxy) is 1. The molecule has 0 radical (unpaired) electrons. The summed E-state index contributed by atoms with van der Waals surface area (Å²) in [4.78, 5) is 27.9. The number of nitrogens with one attached hydrogen (secondary N) is 2. The van der Waals surface area contributed by atoms with Gasteiger partial charge in [0.15, 0.2) is 6.61 Å². The minimum atomic E-state index is -0.333. The summed E-state index contributed by atoms with van der Waals surface area (Å²) < 4.78 is 5.47. The van der Waals surface area contributed by atoms with Gasteiger partial charge in [0.1, 0.15) is 10.8 Å². The van der Waals surface area contributed by atoms with Crippen molar-refractivity contribution in [2.75, 3.05) is 19.7 Å². The van der Waals surface area contributed by atoms with Crippen LogP contribution in [0, 0.1) is 0 Å². The third-order valence-corrected chi connectivity index (χ3v) is 4.65. The number of thiazole rings is 1. The summed E-state index contributed by atoms with van der Waals surface area (Å²) in [7, 11) is 0. The SMILES string of the molecule is CCCNC(=O)CNC(=O)COc1ccc(-c2nc(C(C)(C)C)cs2)cc1. The Morgan fingerprint density at radius 1 is 1.11 bits per heavy atom. The molecule has 6 nitrogen and oxygen atoms in total. The average molecular weight is 390 g/mol. The molecule has 0 aliphatic rings. The Morgan fingerprint density at radius 2 is 1.81 bits per heavy atom. The Labute approximate surface area is 164 Å². The zero-order valence-corrected chi connectivity index (χ0v) is 17.1. The number of hydrogen-bond donors (Lipinski definition) is 2. The van der Waals surface area contributed by atoms with E-state index in [1.54, 1.807) is 11.3 Å². The van der Waals surface area contributed by atoms with Crippen LogP contribution in [0.2, 0.25) is 0 Å². The molecule has 0 bridgehead atoms. The van der Waals surface area contributed by atoms with E-state index in [2.05, 4.69) is 36.8 Å². The standard InChI is InChI=1S/C20H27N3O3S/c1-5-10-21-17(24)11-22-18(25)12-26-15-8-6-14(7-9-15)19-23-16(13-27-19)20(2,3)4/h6-9,13H,5,10-12H2,1-4H3,(H,21,24)(H,22,25). The van der Waals surface area contributed by atoms with Crippen LogP contribution in [-0.4, -0.2) is 36.5 Å². The normalized spacial score (nSPS) is 11.1. The van der Waals surface area contributed by atoms with E-state index >= 15 is 0 Å². The maximum absolute atomic E-state index is 11.8. The molecular formula is C20H27N3O3S. The molecule has 2 N–H and O–H groups in total. The number of carbonyl (C=O) groups excluding carboxylic acids is 2. The highest BCUT2D eigenvalue weighted by molar-refractivity contribution is 7.13. The summed E-state index contributed by atoms with van der Waals surface area (Å²) in [6, 6.07) is 7.48. The fourth-order valence-electron chi connectivity index (χ4n) is 2.15. The molecule has 0 unspecified atom stereocenters.